The average Bonchev–Trinajstić information content (AvgIpc) is 3.07. The molecule has 2 aromatic carbocycles. The Bertz CT molecular complexity index is 1020. The maximum Gasteiger partial charge on any atom is 0.0793 e. The summed E-state index contributed by atoms with van der Waals surface area (Å²) in [6.07, 6.45) is 1.08. The molecule has 4 rings (SSSR count). The van der Waals surface area contributed by atoms with E-state index >= 15 is 0 Å². The molecule has 2 nitrogen and oxygen atoms in total. The first-order valence-corrected chi connectivity index (χ1v) is 8.09. The van der Waals surface area contributed by atoms with Crippen LogP contribution in [0.1, 0.15) is 47.2 Å². The van der Waals surface area contributed by atoms with Crippen molar-refractivity contribution in [1.29, 1.82) is 0 Å². The topological polar surface area (TPSA) is 24.7 Å². The summed E-state index contributed by atoms with van der Waals surface area (Å²) in [5.74, 6) is 0. The molecule has 0 aliphatic carbocycles. The zero-order valence-corrected chi connectivity index (χ0v) is 14.3. The van der Waals surface area contributed by atoms with E-state index in [4.69, 9.17) is 9.98 Å². The molecule has 0 fully saturated rings. The van der Waals surface area contributed by atoms with Crippen molar-refractivity contribution in [1.82, 2.24) is 0 Å². The molecular weight excluding hydrogens is 268 g/mol. The molecule has 0 aromatic heterocycles. The van der Waals surface area contributed by atoms with Crippen molar-refractivity contribution in [3.05, 3.63) is 49.8 Å². The van der Waals surface area contributed by atoms with Gasteiger partial charge in [0.05, 0.1) is 10.7 Å². The van der Waals surface area contributed by atoms with E-state index in [1.165, 1.54) is 60.4 Å². The lowest BCUT2D eigenvalue weighted by Crippen LogP contribution is -2.20. The fourth-order valence-corrected chi connectivity index (χ4v) is 4.15. The predicted molar refractivity (Wildman–Crippen MR) is 92.0 cm³/mol. The van der Waals surface area contributed by atoms with Gasteiger partial charge in [-0.25, -0.2) is 0 Å². The standard InChI is InChI=1S/C20H22N2/c1-9-10(2)18-17(19-15(9)7-8-21-19)12(4)11(3)16-13(5)14(6)22-20(16)18/h7-8H2,1-6H3. The third kappa shape index (κ3) is 1.45. The lowest BCUT2D eigenvalue weighted by atomic mass is 9.86. The van der Waals surface area contributed by atoms with E-state index < -0.39 is 0 Å². The second-order valence-corrected chi connectivity index (χ2v) is 6.75. The molecule has 0 saturated heterocycles. The lowest BCUT2D eigenvalue weighted by molar-refractivity contribution is 1.02. The molecule has 2 aliphatic rings. The van der Waals surface area contributed by atoms with Crippen LogP contribution in [0.4, 0.5) is 0 Å². The van der Waals surface area contributed by atoms with Crippen molar-refractivity contribution in [2.75, 3.05) is 6.54 Å². The highest BCUT2D eigenvalue weighted by Crippen LogP contribution is 2.32. The molecule has 22 heavy (non-hydrogen) atoms. The van der Waals surface area contributed by atoms with Crippen molar-refractivity contribution in [2.45, 2.75) is 48.0 Å². The monoisotopic (exact) mass is 290 g/mol. The lowest BCUT2D eigenvalue weighted by Gasteiger charge is -2.16. The van der Waals surface area contributed by atoms with Crippen LogP contribution in [0.3, 0.4) is 0 Å². The molecule has 0 spiro atoms. The van der Waals surface area contributed by atoms with Crippen LogP contribution in [-0.2, 0) is 6.42 Å². The van der Waals surface area contributed by atoms with Crippen LogP contribution in [0.5, 0.6) is 0 Å². The SMILES string of the molecule is CC1=C(C)c2c(C)c(C)c3c4c(c(C)c(C)c3c2=N1)CCN=4. The van der Waals surface area contributed by atoms with Crippen LogP contribution in [0.25, 0.3) is 16.3 Å². The minimum Gasteiger partial charge on any atom is -0.284 e. The molecule has 0 atom stereocenters. The molecule has 0 radical (unpaired) electrons. The Morgan fingerprint density at radius 3 is 2.09 bits per heavy atom. The maximum absolute atomic E-state index is 4.93. The van der Waals surface area contributed by atoms with Gasteiger partial charge in [-0.15, -0.1) is 0 Å². The summed E-state index contributed by atoms with van der Waals surface area (Å²) in [4.78, 5) is 9.77. The summed E-state index contributed by atoms with van der Waals surface area (Å²) >= 11 is 0. The molecule has 112 valence electrons. The Labute approximate surface area is 131 Å². The molecule has 2 aromatic rings. The molecule has 0 N–H and O–H groups in total. The van der Waals surface area contributed by atoms with Crippen LogP contribution in [0.2, 0.25) is 0 Å². The van der Waals surface area contributed by atoms with Crippen molar-refractivity contribution < 1.29 is 0 Å². The summed E-state index contributed by atoms with van der Waals surface area (Å²) in [7, 11) is 0. The summed E-state index contributed by atoms with van der Waals surface area (Å²) in [6.45, 7) is 14.2. The third-order valence-corrected chi connectivity index (χ3v) is 5.78. The number of allylic oxidation sites excluding steroid dienone is 2. The molecule has 2 aliphatic heterocycles. The van der Waals surface area contributed by atoms with Crippen LogP contribution in [0, 0.1) is 27.7 Å². The molecule has 2 heterocycles. The highest BCUT2D eigenvalue weighted by molar-refractivity contribution is 5.95. The summed E-state index contributed by atoms with van der Waals surface area (Å²) in [5.41, 5.74) is 10.8. The number of hydrogen-bond donors (Lipinski definition) is 0. The Hall–Kier alpha value is -1.96. The van der Waals surface area contributed by atoms with Gasteiger partial charge in [0.1, 0.15) is 0 Å². The van der Waals surface area contributed by atoms with Gasteiger partial charge in [0.2, 0.25) is 0 Å². The summed E-state index contributed by atoms with van der Waals surface area (Å²) in [5, 5.41) is 5.09. The van der Waals surface area contributed by atoms with Gasteiger partial charge in [-0.05, 0) is 81.4 Å². The van der Waals surface area contributed by atoms with Gasteiger partial charge < -0.3 is 0 Å². The van der Waals surface area contributed by atoms with Gasteiger partial charge in [0.15, 0.2) is 0 Å². The van der Waals surface area contributed by atoms with Gasteiger partial charge in [0.25, 0.3) is 0 Å². The molecule has 2 heteroatoms. The van der Waals surface area contributed by atoms with E-state index in [1.807, 2.05) is 0 Å². The van der Waals surface area contributed by atoms with Gasteiger partial charge in [-0.3, -0.25) is 9.98 Å². The Balaban J connectivity index is 2.39. The minimum atomic E-state index is 0.928. The van der Waals surface area contributed by atoms with Crippen molar-refractivity contribution in [3.63, 3.8) is 0 Å². The molecule has 0 unspecified atom stereocenters. The average molecular weight is 290 g/mol. The van der Waals surface area contributed by atoms with Crippen molar-refractivity contribution in [2.24, 2.45) is 9.98 Å². The number of aryl methyl sites for hydroxylation is 2. The minimum absolute atomic E-state index is 0.928. The van der Waals surface area contributed by atoms with E-state index in [1.54, 1.807) is 0 Å². The number of benzene rings is 2. The van der Waals surface area contributed by atoms with Crippen LogP contribution in [-0.4, -0.2) is 6.54 Å². The van der Waals surface area contributed by atoms with E-state index in [-0.39, 0.29) is 0 Å². The van der Waals surface area contributed by atoms with Crippen LogP contribution >= 0.6 is 0 Å². The molecule has 0 saturated carbocycles. The van der Waals surface area contributed by atoms with E-state index in [0.29, 0.717) is 0 Å². The smallest absolute Gasteiger partial charge is 0.0793 e. The van der Waals surface area contributed by atoms with Gasteiger partial charge in [-0.1, -0.05) is 0 Å². The number of rotatable bonds is 0. The largest absolute Gasteiger partial charge is 0.284 e. The Morgan fingerprint density at radius 1 is 0.727 bits per heavy atom. The zero-order chi connectivity index (χ0) is 15.8. The van der Waals surface area contributed by atoms with Crippen molar-refractivity contribution in [3.8, 4) is 0 Å². The number of hydrogen-bond acceptors (Lipinski definition) is 2. The first-order chi connectivity index (χ1) is 10.4. The second kappa shape index (κ2) is 4.28. The zero-order valence-electron chi connectivity index (χ0n) is 14.3. The molecule has 0 bridgehead atoms. The summed E-state index contributed by atoms with van der Waals surface area (Å²) < 4.78 is 0. The summed E-state index contributed by atoms with van der Waals surface area (Å²) in [6, 6.07) is 0. The fraction of sp³-hybridized carbons (Fsp3) is 0.400. The number of nitrogens with zero attached hydrogens (tertiary/aromatic N) is 2. The first kappa shape index (κ1) is 13.7. The predicted octanol–water partition coefficient (Wildman–Crippen LogP) is 3.63. The molecular formula is C20H22N2. The Morgan fingerprint density at radius 2 is 1.36 bits per heavy atom. The van der Waals surface area contributed by atoms with Gasteiger partial charge in [-0.2, -0.15) is 0 Å². The quantitative estimate of drug-likeness (QED) is 0.708. The highest BCUT2D eigenvalue weighted by atomic mass is 14.8. The Kier molecular flexibility index (Phi) is 2.66. The van der Waals surface area contributed by atoms with Gasteiger partial charge >= 0.3 is 0 Å². The van der Waals surface area contributed by atoms with E-state index in [0.717, 1.165) is 18.7 Å². The second-order valence-electron chi connectivity index (χ2n) is 6.75. The van der Waals surface area contributed by atoms with Crippen molar-refractivity contribution >= 4 is 16.3 Å². The normalized spacial score (nSPS) is 15.9. The van der Waals surface area contributed by atoms with Crippen LogP contribution in [0.15, 0.2) is 15.7 Å². The number of fused-ring (bicyclic) bond motifs is 5. The highest BCUT2D eigenvalue weighted by Gasteiger charge is 2.23. The molecule has 0 amide bonds. The maximum atomic E-state index is 4.93. The fourth-order valence-electron chi connectivity index (χ4n) is 4.15. The van der Waals surface area contributed by atoms with E-state index in [2.05, 4.69) is 41.5 Å². The van der Waals surface area contributed by atoms with Crippen LogP contribution < -0.4 is 10.7 Å². The van der Waals surface area contributed by atoms with Gasteiger partial charge in [0, 0.05) is 28.6 Å². The third-order valence-electron chi connectivity index (χ3n) is 5.78. The van der Waals surface area contributed by atoms with E-state index in [9.17, 15) is 0 Å². The first-order valence-electron chi connectivity index (χ1n) is 8.09.